The number of rotatable bonds is 9. The normalized spacial score (nSPS) is 11.9. The Balaban J connectivity index is 1.60. The van der Waals surface area contributed by atoms with Gasteiger partial charge in [-0.25, -0.2) is 4.99 Å². The van der Waals surface area contributed by atoms with Gasteiger partial charge in [-0.15, -0.1) is 10.2 Å². The van der Waals surface area contributed by atoms with Crippen LogP contribution in [0.5, 0.6) is 0 Å². The van der Waals surface area contributed by atoms with E-state index in [4.69, 9.17) is 4.99 Å². The van der Waals surface area contributed by atoms with E-state index in [0.29, 0.717) is 13.1 Å². The Kier molecular flexibility index (Phi) is 7.58. The van der Waals surface area contributed by atoms with Crippen LogP contribution in [-0.4, -0.2) is 45.1 Å². The number of fused-ring (bicyclic) bond motifs is 1. The number of guanidine groups is 1. The first-order valence-electron chi connectivity index (χ1n) is 10.3. The van der Waals surface area contributed by atoms with E-state index in [1.807, 2.05) is 28.8 Å². The lowest BCUT2D eigenvalue weighted by Crippen LogP contribution is -2.37. The monoisotopic (exact) mass is 393 g/mol. The molecule has 29 heavy (non-hydrogen) atoms. The van der Waals surface area contributed by atoms with Gasteiger partial charge in [-0.3, -0.25) is 9.30 Å². The maximum absolute atomic E-state index is 4.71. The minimum Gasteiger partial charge on any atom is -0.357 e. The van der Waals surface area contributed by atoms with E-state index in [1.54, 1.807) is 0 Å². The van der Waals surface area contributed by atoms with Gasteiger partial charge in [-0.2, -0.15) is 0 Å². The topological polar surface area (TPSA) is 69.8 Å². The van der Waals surface area contributed by atoms with Gasteiger partial charge in [0.1, 0.15) is 0 Å². The molecule has 0 saturated carbocycles. The third-order valence-corrected chi connectivity index (χ3v) is 4.89. The first kappa shape index (κ1) is 20.8. The van der Waals surface area contributed by atoms with Gasteiger partial charge in [0.2, 0.25) is 0 Å². The summed E-state index contributed by atoms with van der Waals surface area (Å²) in [6.45, 7) is 11.6. The van der Waals surface area contributed by atoms with Crippen LogP contribution in [0.25, 0.3) is 5.65 Å². The lowest BCUT2D eigenvalue weighted by Gasteiger charge is -2.18. The zero-order chi connectivity index (χ0) is 20.5. The van der Waals surface area contributed by atoms with Gasteiger partial charge in [0.15, 0.2) is 17.4 Å². The van der Waals surface area contributed by atoms with Crippen LogP contribution in [0.15, 0.2) is 53.7 Å². The molecule has 7 nitrogen and oxygen atoms in total. The lowest BCUT2D eigenvalue weighted by molar-refractivity contribution is 0.296. The maximum atomic E-state index is 4.71. The van der Waals surface area contributed by atoms with Crippen molar-refractivity contribution in [2.45, 2.75) is 40.4 Å². The van der Waals surface area contributed by atoms with Gasteiger partial charge in [0, 0.05) is 19.3 Å². The second kappa shape index (κ2) is 10.6. The molecule has 0 unspecified atom stereocenters. The third-order valence-electron chi connectivity index (χ3n) is 4.89. The number of hydrogen-bond donors (Lipinski definition) is 2. The minimum absolute atomic E-state index is 0.555. The molecule has 2 aromatic heterocycles. The van der Waals surface area contributed by atoms with Crippen LogP contribution in [0.2, 0.25) is 0 Å². The van der Waals surface area contributed by atoms with E-state index >= 15 is 0 Å². The summed E-state index contributed by atoms with van der Waals surface area (Å²) in [5.74, 6) is 1.62. The Labute approximate surface area is 172 Å². The number of hydrogen-bond acceptors (Lipinski definition) is 4. The number of benzene rings is 1. The maximum Gasteiger partial charge on any atom is 0.191 e. The summed E-state index contributed by atoms with van der Waals surface area (Å²) in [6, 6.07) is 14.6. The summed E-state index contributed by atoms with van der Waals surface area (Å²) in [4.78, 5) is 7.12. The Morgan fingerprint density at radius 3 is 2.45 bits per heavy atom. The summed E-state index contributed by atoms with van der Waals surface area (Å²) in [6.07, 6.45) is 1.97. The molecule has 0 fully saturated rings. The molecule has 2 heterocycles. The van der Waals surface area contributed by atoms with Crippen molar-refractivity contribution in [1.29, 1.82) is 0 Å². The second-order valence-electron chi connectivity index (χ2n) is 6.87. The van der Waals surface area contributed by atoms with Crippen molar-refractivity contribution in [2.24, 2.45) is 4.99 Å². The summed E-state index contributed by atoms with van der Waals surface area (Å²) >= 11 is 0. The third kappa shape index (κ3) is 5.77. The van der Waals surface area contributed by atoms with E-state index in [0.717, 1.165) is 43.6 Å². The first-order chi connectivity index (χ1) is 14.2. The quantitative estimate of drug-likeness (QED) is 0.432. The molecular formula is C22H31N7. The van der Waals surface area contributed by atoms with Gasteiger partial charge >= 0.3 is 0 Å². The Morgan fingerprint density at radius 1 is 0.966 bits per heavy atom. The van der Waals surface area contributed by atoms with E-state index in [-0.39, 0.29) is 0 Å². The first-order valence-corrected chi connectivity index (χ1v) is 10.3. The highest BCUT2D eigenvalue weighted by Crippen LogP contribution is 2.09. The molecule has 3 rings (SSSR count). The molecule has 1 aromatic carbocycles. The van der Waals surface area contributed by atoms with Crippen molar-refractivity contribution in [3.05, 3.63) is 65.6 Å². The average molecular weight is 394 g/mol. The van der Waals surface area contributed by atoms with Crippen LogP contribution in [0, 0.1) is 0 Å². The van der Waals surface area contributed by atoms with Crippen molar-refractivity contribution >= 4 is 11.6 Å². The number of nitrogens with zero attached hydrogens (tertiary/aromatic N) is 5. The fourth-order valence-electron chi connectivity index (χ4n) is 3.14. The Bertz CT molecular complexity index is 910. The molecule has 2 N–H and O–H groups in total. The molecular weight excluding hydrogens is 362 g/mol. The van der Waals surface area contributed by atoms with Gasteiger partial charge in [-0.1, -0.05) is 44.2 Å². The highest BCUT2D eigenvalue weighted by atomic mass is 15.3. The number of aromatic nitrogens is 3. The highest BCUT2D eigenvalue weighted by Gasteiger charge is 2.06. The molecule has 0 aliphatic rings. The van der Waals surface area contributed by atoms with Gasteiger partial charge in [0.25, 0.3) is 0 Å². The van der Waals surface area contributed by atoms with Gasteiger partial charge in [-0.05, 0) is 43.3 Å². The fraction of sp³-hybridized carbons (Fsp3) is 0.409. The van der Waals surface area contributed by atoms with Crippen LogP contribution >= 0.6 is 0 Å². The van der Waals surface area contributed by atoms with Crippen LogP contribution in [0.3, 0.4) is 0 Å². The van der Waals surface area contributed by atoms with Crippen LogP contribution in [0.1, 0.15) is 37.7 Å². The van der Waals surface area contributed by atoms with Gasteiger partial charge < -0.3 is 10.6 Å². The molecule has 3 aromatic rings. The number of pyridine rings is 1. The second-order valence-corrected chi connectivity index (χ2v) is 6.87. The number of aliphatic imine (C=N–C) groups is 1. The van der Waals surface area contributed by atoms with Gasteiger partial charge in [0.05, 0.1) is 13.1 Å². The molecule has 0 bridgehead atoms. The molecule has 0 radical (unpaired) electrons. The SMILES string of the molecule is CCNC(=NCc1ccc(CN(CC)CC)cc1)NCc1nnc2ccccn12. The standard InChI is InChI=1S/C22H31N7/c1-4-23-22(25-16-21-27-26-20-9-7-8-14-29(20)21)24-15-18-10-12-19(13-11-18)17-28(5-2)6-3/h7-14H,4-6,15-17H2,1-3H3,(H2,23,24,25). The lowest BCUT2D eigenvalue weighted by atomic mass is 10.1. The molecule has 7 heteroatoms. The van der Waals surface area contributed by atoms with Crippen LogP contribution in [-0.2, 0) is 19.6 Å². The van der Waals surface area contributed by atoms with Crippen molar-refractivity contribution in [3.63, 3.8) is 0 Å². The van der Waals surface area contributed by atoms with Crippen molar-refractivity contribution in [3.8, 4) is 0 Å². The van der Waals surface area contributed by atoms with E-state index in [9.17, 15) is 0 Å². The smallest absolute Gasteiger partial charge is 0.191 e. The summed E-state index contributed by atoms with van der Waals surface area (Å²) in [5.41, 5.74) is 3.37. The molecule has 0 spiro atoms. The summed E-state index contributed by atoms with van der Waals surface area (Å²) in [5, 5.41) is 15.1. The summed E-state index contributed by atoms with van der Waals surface area (Å²) in [7, 11) is 0. The van der Waals surface area contributed by atoms with Crippen molar-refractivity contribution < 1.29 is 0 Å². The van der Waals surface area contributed by atoms with Crippen molar-refractivity contribution in [1.82, 2.24) is 30.1 Å². The highest BCUT2D eigenvalue weighted by molar-refractivity contribution is 5.79. The largest absolute Gasteiger partial charge is 0.357 e. The predicted molar refractivity (Wildman–Crippen MR) is 118 cm³/mol. The predicted octanol–water partition coefficient (Wildman–Crippen LogP) is 2.83. The molecule has 0 amide bonds. The molecule has 0 atom stereocenters. The van der Waals surface area contributed by atoms with E-state index < -0.39 is 0 Å². The Morgan fingerprint density at radius 2 is 1.72 bits per heavy atom. The van der Waals surface area contributed by atoms with Crippen LogP contribution in [0.4, 0.5) is 0 Å². The molecule has 0 saturated heterocycles. The fourth-order valence-corrected chi connectivity index (χ4v) is 3.14. The molecule has 0 aliphatic carbocycles. The average Bonchev–Trinajstić information content (AvgIpc) is 3.18. The molecule has 0 aliphatic heterocycles. The number of nitrogens with one attached hydrogen (secondary N) is 2. The minimum atomic E-state index is 0.555. The molecule has 154 valence electrons. The summed E-state index contributed by atoms with van der Waals surface area (Å²) < 4.78 is 1.98. The van der Waals surface area contributed by atoms with E-state index in [2.05, 4.69) is 70.8 Å². The van der Waals surface area contributed by atoms with Crippen LogP contribution < -0.4 is 10.6 Å². The zero-order valence-corrected chi connectivity index (χ0v) is 17.6. The van der Waals surface area contributed by atoms with Crippen molar-refractivity contribution in [2.75, 3.05) is 19.6 Å². The Hall–Kier alpha value is -2.93. The van der Waals surface area contributed by atoms with E-state index in [1.165, 1.54) is 11.1 Å². The zero-order valence-electron chi connectivity index (χ0n) is 17.6.